The molecule has 2 aromatic rings. The third kappa shape index (κ3) is 4.37. The van der Waals surface area contributed by atoms with E-state index in [1.54, 1.807) is 12.1 Å². The summed E-state index contributed by atoms with van der Waals surface area (Å²) in [6.45, 7) is -0.274. The number of carbonyl (C=O) groups is 2. The summed E-state index contributed by atoms with van der Waals surface area (Å²) in [7, 11) is -3.87. The molecule has 0 aliphatic heterocycles. The predicted octanol–water partition coefficient (Wildman–Crippen LogP) is -0.184. The van der Waals surface area contributed by atoms with Gasteiger partial charge in [-0.25, -0.2) is 13.6 Å². The molecule has 0 aromatic carbocycles. The molecule has 0 bridgehead atoms. The Balaban J connectivity index is 1.88. The Bertz CT molecular complexity index is 813. The molecule has 22 heavy (non-hydrogen) atoms. The van der Waals surface area contributed by atoms with Crippen LogP contribution in [0.5, 0.6) is 0 Å². The largest absolute Gasteiger partial charge is 0.279 e. The van der Waals surface area contributed by atoms with E-state index < -0.39 is 21.8 Å². The molecule has 0 aliphatic carbocycles. The van der Waals surface area contributed by atoms with Crippen LogP contribution >= 0.6 is 27.3 Å². The lowest BCUT2D eigenvalue weighted by Gasteiger charge is -2.06. The second-order valence-electron chi connectivity index (χ2n) is 4.02. The van der Waals surface area contributed by atoms with Gasteiger partial charge < -0.3 is 0 Å². The lowest BCUT2D eigenvalue weighted by atomic mass is 10.4. The third-order valence-electron chi connectivity index (χ3n) is 2.36. The van der Waals surface area contributed by atoms with E-state index in [0.717, 1.165) is 20.9 Å². The highest BCUT2D eigenvalue weighted by Crippen LogP contribution is 2.21. The van der Waals surface area contributed by atoms with Gasteiger partial charge in [0.25, 0.3) is 11.8 Å². The highest BCUT2D eigenvalue weighted by atomic mass is 79.9. The van der Waals surface area contributed by atoms with Crippen LogP contribution < -0.4 is 16.0 Å². The van der Waals surface area contributed by atoms with E-state index >= 15 is 0 Å². The number of hydrogen-bond acceptors (Lipinski definition) is 6. The summed E-state index contributed by atoms with van der Waals surface area (Å²) >= 11 is 4.44. The van der Waals surface area contributed by atoms with Crippen LogP contribution in [0, 0.1) is 0 Å². The van der Waals surface area contributed by atoms with Crippen molar-refractivity contribution >= 4 is 49.1 Å². The maximum Gasteiger partial charge on any atom is 0.279 e. The standard InChI is InChI=1S/C10H10BrN5O4S2/c11-8-2-1-7(21-8)10(18)15-14-9(17)5-16-4-6(3-13-16)22(12,19)20/h1-4H,5H2,(H,14,17)(H,15,18)(H2,12,19,20). The zero-order valence-electron chi connectivity index (χ0n) is 10.8. The van der Waals surface area contributed by atoms with E-state index in [-0.39, 0.29) is 11.4 Å². The molecule has 0 aliphatic rings. The molecule has 2 amide bonds. The van der Waals surface area contributed by atoms with Crippen molar-refractivity contribution in [3.8, 4) is 0 Å². The van der Waals surface area contributed by atoms with E-state index in [1.165, 1.54) is 11.3 Å². The molecule has 0 saturated heterocycles. The second-order valence-corrected chi connectivity index (χ2v) is 8.05. The molecule has 12 heteroatoms. The van der Waals surface area contributed by atoms with Crippen LogP contribution in [0.25, 0.3) is 0 Å². The number of nitrogens with two attached hydrogens (primary N) is 1. The molecule has 0 saturated carbocycles. The normalized spacial score (nSPS) is 11.2. The van der Waals surface area contributed by atoms with E-state index in [9.17, 15) is 18.0 Å². The number of nitrogens with one attached hydrogen (secondary N) is 2. The van der Waals surface area contributed by atoms with Crippen LogP contribution in [0.4, 0.5) is 0 Å². The summed E-state index contributed by atoms with van der Waals surface area (Å²) in [5.41, 5.74) is 4.43. The number of hydrazine groups is 1. The van der Waals surface area contributed by atoms with Gasteiger partial charge in [-0.2, -0.15) is 5.10 Å². The molecular formula is C10H10BrN5O4S2. The Hall–Kier alpha value is -1.76. The number of nitrogens with zero attached hydrogens (tertiary/aromatic N) is 2. The van der Waals surface area contributed by atoms with Gasteiger partial charge in [-0.05, 0) is 28.1 Å². The third-order valence-corrected chi connectivity index (χ3v) is 4.85. The summed E-state index contributed by atoms with van der Waals surface area (Å²) in [5, 5.41) is 8.62. The highest BCUT2D eigenvalue weighted by Gasteiger charge is 2.13. The van der Waals surface area contributed by atoms with Gasteiger partial charge in [-0.3, -0.25) is 25.1 Å². The molecule has 118 valence electrons. The number of hydrogen-bond donors (Lipinski definition) is 3. The van der Waals surface area contributed by atoms with Gasteiger partial charge in [0.2, 0.25) is 10.0 Å². The molecule has 0 radical (unpaired) electrons. The zero-order chi connectivity index (χ0) is 16.3. The lowest BCUT2D eigenvalue weighted by Crippen LogP contribution is -2.43. The summed E-state index contributed by atoms with van der Waals surface area (Å²) < 4.78 is 24.0. The fraction of sp³-hybridized carbons (Fsp3) is 0.100. The number of primary sulfonamides is 1. The minimum atomic E-state index is -3.87. The highest BCUT2D eigenvalue weighted by molar-refractivity contribution is 9.11. The van der Waals surface area contributed by atoms with Gasteiger partial charge in [-0.1, -0.05) is 0 Å². The summed E-state index contributed by atoms with van der Waals surface area (Å²) in [4.78, 5) is 23.6. The molecule has 0 spiro atoms. The Morgan fingerprint density at radius 2 is 2.09 bits per heavy atom. The van der Waals surface area contributed by atoms with E-state index in [4.69, 9.17) is 5.14 Å². The molecule has 4 N–H and O–H groups in total. The van der Waals surface area contributed by atoms with Crippen molar-refractivity contribution in [1.29, 1.82) is 0 Å². The molecule has 2 heterocycles. The number of thiophene rings is 1. The van der Waals surface area contributed by atoms with Gasteiger partial charge in [0.15, 0.2) is 0 Å². The van der Waals surface area contributed by atoms with Crippen molar-refractivity contribution < 1.29 is 18.0 Å². The summed E-state index contributed by atoms with van der Waals surface area (Å²) in [6.07, 6.45) is 2.15. The number of halogens is 1. The van der Waals surface area contributed by atoms with Crippen molar-refractivity contribution in [1.82, 2.24) is 20.6 Å². The van der Waals surface area contributed by atoms with Crippen molar-refractivity contribution in [3.63, 3.8) is 0 Å². The van der Waals surface area contributed by atoms with Crippen molar-refractivity contribution in [2.24, 2.45) is 5.14 Å². The number of rotatable bonds is 4. The Labute approximate surface area is 137 Å². The SMILES string of the molecule is NS(=O)(=O)c1cnn(CC(=O)NNC(=O)c2ccc(Br)s2)c1. The van der Waals surface area contributed by atoms with E-state index in [2.05, 4.69) is 31.9 Å². The van der Waals surface area contributed by atoms with E-state index in [1.807, 2.05) is 0 Å². The Morgan fingerprint density at radius 3 is 2.64 bits per heavy atom. The molecule has 9 nitrogen and oxygen atoms in total. The molecule has 2 rings (SSSR count). The predicted molar refractivity (Wildman–Crippen MR) is 81.2 cm³/mol. The Kier molecular flexibility index (Phi) is 4.95. The summed E-state index contributed by atoms with van der Waals surface area (Å²) in [5.74, 6) is -1.04. The molecule has 0 unspecified atom stereocenters. The lowest BCUT2D eigenvalue weighted by molar-refractivity contribution is -0.122. The van der Waals surface area contributed by atoms with Crippen LogP contribution in [0.2, 0.25) is 0 Å². The molecule has 2 aromatic heterocycles. The van der Waals surface area contributed by atoms with Crippen LogP contribution in [-0.2, 0) is 21.4 Å². The van der Waals surface area contributed by atoms with E-state index in [0.29, 0.717) is 4.88 Å². The average molecular weight is 408 g/mol. The first-order chi connectivity index (χ1) is 10.3. The first-order valence-electron chi connectivity index (χ1n) is 5.65. The van der Waals surface area contributed by atoms with Gasteiger partial charge in [0.1, 0.15) is 11.4 Å². The van der Waals surface area contributed by atoms with Gasteiger partial charge in [0, 0.05) is 6.20 Å². The smallest absolute Gasteiger partial charge is 0.271 e. The minimum absolute atomic E-state index is 0.201. The van der Waals surface area contributed by atoms with Crippen LogP contribution in [0.15, 0.2) is 33.2 Å². The molecule has 0 atom stereocenters. The quantitative estimate of drug-likeness (QED) is 0.603. The monoisotopic (exact) mass is 407 g/mol. The van der Waals surface area contributed by atoms with Gasteiger partial charge in [0.05, 0.1) is 14.9 Å². The van der Waals surface area contributed by atoms with Crippen LogP contribution in [0.1, 0.15) is 9.67 Å². The van der Waals surface area contributed by atoms with Crippen LogP contribution in [-0.4, -0.2) is 30.0 Å². The first kappa shape index (κ1) is 16.6. The topological polar surface area (TPSA) is 136 Å². The minimum Gasteiger partial charge on any atom is -0.271 e. The molecule has 0 fully saturated rings. The number of amides is 2. The Morgan fingerprint density at radius 1 is 1.36 bits per heavy atom. The van der Waals surface area contributed by atoms with Crippen molar-refractivity contribution in [2.45, 2.75) is 11.4 Å². The van der Waals surface area contributed by atoms with Crippen molar-refractivity contribution in [3.05, 3.63) is 33.2 Å². The zero-order valence-corrected chi connectivity index (χ0v) is 14.0. The van der Waals surface area contributed by atoms with Gasteiger partial charge in [-0.15, -0.1) is 11.3 Å². The average Bonchev–Trinajstić information content (AvgIpc) is 3.04. The summed E-state index contributed by atoms with van der Waals surface area (Å²) in [6, 6.07) is 3.31. The number of sulfonamides is 1. The maximum atomic E-state index is 11.7. The van der Waals surface area contributed by atoms with Gasteiger partial charge >= 0.3 is 0 Å². The fourth-order valence-electron chi connectivity index (χ4n) is 1.39. The maximum absolute atomic E-state index is 11.7. The first-order valence-corrected chi connectivity index (χ1v) is 8.81. The second kappa shape index (κ2) is 6.56. The molecular weight excluding hydrogens is 398 g/mol. The van der Waals surface area contributed by atoms with Crippen molar-refractivity contribution in [2.75, 3.05) is 0 Å². The van der Waals surface area contributed by atoms with Crippen LogP contribution in [0.3, 0.4) is 0 Å². The number of carbonyl (C=O) groups excluding carboxylic acids is 2. The number of aromatic nitrogens is 2. The fourth-order valence-corrected chi connectivity index (χ4v) is 3.13.